The van der Waals surface area contributed by atoms with Crippen LogP contribution in [-0.2, 0) is 0 Å². The molecule has 0 fully saturated rings. The van der Waals surface area contributed by atoms with E-state index in [0.717, 1.165) is 11.2 Å². The molecule has 13 heavy (non-hydrogen) atoms. The fourth-order valence-electron chi connectivity index (χ4n) is 1.07. The smallest absolute Gasteiger partial charge is 0.0587 e. The summed E-state index contributed by atoms with van der Waals surface area (Å²) in [6.07, 6.45) is 1.91. The van der Waals surface area contributed by atoms with Crippen LogP contribution in [0.2, 0.25) is 0 Å². The molecule has 0 radical (unpaired) electrons. The van der Waals surface area contributed by atoms with Crippen LogP contribution in [-0.4, -0.2) is 4.98 Å². The molecule has 0 spiro atoms. The Morgan fingerprint density at radius 1 is 1.38 bits per heavy atom. The van der Waals surface area contributed by atoms with E-state index in [0.29, 0.717) is 0 Å². The van der Waals surface area contributed by atoms with Crippen LogP contribution in [0, 0.1) is 11.3 Å². The van der Waals surface area contributed by atoms with Gasteiger partial charge in [-0.3, -0.25) is 0 Å². The van der Waals surface area contributed by atoms with Crippen LogP contribution in [0.25, 0.3) is 10.9 Å². The maximum absolute atomic E-state index is 7.32. The van der Waals surface area contributed by atoms with Crippen LogP contribution >= 0.6 is 0 Å². The second kappa shape index (κ2) is 4.17. The van der Waals surface area contributed by atoms with Crippen molar-refractivity contribution >= 4 is 16.6 Å². The number of fused-ring (bicyclic) bond motifs is 1. The van der Waals surface area contributed by atoms with Crippen molar-refractivity contribution < 1.29 is 0 Å². The number of H-pyrrole nitrogens is 1. The molecule has 0 aliphatic heterocycles. The van der Waals surface area contributed by atoms with E-state index in [1.54, 1.807) is 6.07 Å². The molecular formula is C10H11N3. The average Bonchev–Trinajstić information content (AvgIpc) is 2.52. The summed E-state index contributed by atoms with van der Waals surface area (Å²) < 4.78 is 0. The Bertz CT molecular complexity index is 423. The summed E-state index contributed by atoms with van der Waals surface area (Å²) in [4.78, 5) is 3.08. The number of hydrogen-bond acceptors (Lipinski definition) is 2. The van der Waals surface area contributed by atoms with Crippen LogP contribution in [0.5, 0.6) is 0 Å². The zero-order chi connectivity index (χ0) is 9.68. The Labute approximate surface area is 76.8 Å². The average molecular weight is 173 g/mol. The number of rotatable bonds is 0. The number of nitrogens with one attached hydrogen (secondary N) is 1. The van der Waals surface area contributed by atoms with Crippen molar-refractivity contribution in [1.82, 2.24) is 4.98 Å². The predicted molar refractivity (Wildman–Crippen MR) is 54.0 cm³/mol. The minimum Gasteiger partial charge on any atom is -0.399 e. The monoisotopic (exact) mass is 173 g/mol. The molecule has 0 amide bonds. The third-order valence-corrected chi connectivity index (χ3v) is 1.58. The van der Waals surface area contributed by atoms with E-state index < -0.39 is 0 Å². The number of aromatic amines is 1. The number of benzene rings is 1. The molecular weight excluding hydrogens is 162 g/mol. The molecule has 1 aromatic carbocycles. The second-order valence-electron chi connectivity index (χ2n) is 2.55. The van der Waals surface area contributed by atoms with Gasteiger partial charge in [0.2, 0.25) is 0 Å². The molecule has 0 aliphatic carbocycles. The molecule has 3 heteroatoms. The van der Waals surface area contributed by atoms with Crippen molar-refractivity contribution in [1.29, 1.82) is 5.26 Å². The van der Waals surface area contributed by atoms with E-state index in [1.165, 1.54) is 12.3 Å². The van der Waals surface area contributed by atoms with Crippen molar-refractivity contribution in [2.24, 2.45) is 0 Å². The standard InChI is InChI=1S/C8H8N2.C2H3N/c9-7-2-1-6-3-4-10-8(6)5-7;1-2-3/h1-5,10H,9H2;1H3. The number of nitrogen functional groups attached to an aromatic ring is 1. The Hall–Kier alpha value is -1.95. The van der Waals surface area contributed by atoms with Crippen LogP contribution in [0.1, 0.15) is 6.92 Å². The number of hydrogen-bond donors (Lipinski definition) is 2. The van der Waals surface area contributed by atoms with Gasteiger partial charge in [0.25, 0.3) is 0 Å². The summed E-state index contributed by atoms with van der Waals surface area (Å²) in [5.74, 6) is 0. The molecule has 2 aromatic rings. The molecule has 0 saturated carbocycles. The molecule has 0 aliphatic rings. The van der Waals surface area contributed by atoms with E-state index in [-0.39, 0.29) is 0 Å². The van der Waals surface area contributed by atoms with Gasteiger partial charge in [0.1, 0.15) is 0 Å². The van der Waals surface area contributed by atoms with Crippen molar-refractivity contribution in [3.05, 3.63) is 30.5 Å². The molecule has 66 valence electrons. The number of nitrogens with zero attached hydrogens (tertiary/aromatic N) is 1. The lowest BCUT2D eigenvalue weighted by Gasteiger charge is -1.90. The van der Waals surface area contributed by atoms with Gasteiger partial charge in [-0.2, -0.15) is 5.26 Å². The lowest BCUT2D eigenvalue weighted by molar-refractivity contribution is 1.48. The minimum atomic E-state index is 0.801. The summed E-state index contributed by atoms with van der Waals surface area (Å²) >= 11 is 0. The van der Waals surface area contributed by atoms with Gasteiger partial charge in [-0.15, -0.1) is 0 Å². The summed E-state index contributed by atoms with van der Waals surface area (Å²) in [5, 5.41) is 8.52. The summed E-state index contributed by atoms with van der Waals surface area (Å²) in [7, 11) is 0. The van der Waals surface area contributed by atoms with Crippen molar-refractivity contribution in [2.75, 3.05) is 5.73 Å². The van der Waals surface area contributed by atoms with Gasteiger partial charge in [-0.1, -0.05) is 6.07 Å². The van der Waals surface area contributed by atoms with Crippen LogP contribution < -0.4 is 5.73 Å². The van der Waals surface area contributed by atoms with E-state index in [1.807, 2.05) is 30.5 Å². The second-order valence-corrected chi connectivity index (χ2v) is 2.55. The SMILES string of the molecule is CC#N.Nc1ccc2cc[nH]c2c1. The summed E-state index contributed by atoms with van der Waals surface area (Å²) in [6, 6.07) is 9.60. The highest BCUT2D eigenvalue weighted by Gasteiger charge is 1.91. The Kier molecular flexibility index (Phi) is 2.93. The number of aromatic nitrogens is 1. The highest BCUT2D eigenvalue weighted by Crippen LogP contribution is 2.14. The third kappa shape index (κ3) is 2.24. The molecule has 0 unspecified atom stereocenters. The van der Waals surface area contributed by atoms with Gasteiger partial charge in [0, 0.05) is 24.3 Å². The fourth-order valence-corrected chi connectivity index (χ4v) is 1.07. The zero-order valence-electron chi connectivity index (χ0n) is 7.41. The van der Waals surface area contributed by atoms with Gasteiger partial charge in [0.05, 0.1) is 6.07 Å². The summed E-state index contributed by atoms with van der Waals surface area (Å²) in [6.45, 7) is 1.43. The van der Waals surface area contributed by atoms with Crippen molar-refractivity contribution in [3.63, 3.8) is 0 Å². The molecule has 0 atom stereocenters. The van der Waals surface area contributed by atoms with E-state index in [2.05, 4.69) is 4.98 Å². The molecule has 1 heterocycles. The zero-order valence-corrected chi connectivity index (χ0v) is 7.41. The molecule has 3 N–H and O–H groups in total. The van der Waals surface area contributed by atoms with E-state index in [9.17, 15) is 0 Å². The first-order chi connectivity index (χ1) is 6.27. The van der Waals surface area contributed by atoms with Gasteiger partial charge in [0.15, 0.2) is 0 Å². The van der Waals surface area contributed by atoms with Gasteiger partial charge in [-0.25, -0.2) is 0 Å². The molecule has 3 nitrogen and oxygen atoms in total. The Balaban J connectivity index is 0.000000251. The number of anilines is 1. The lowest BCUT2D eigenvalue weighted by Crippen LogP contribution is -1.81. The molecule has 2 rings (SSSR count). The number of nitriles is 1. The van der Waals surface area contributed by atoms with Gasteiger partial charge >= 0.3 is 0 Å². The van der Waals surface area contributed by atoms with Gasteiger partial charge < -0.3 is 10.7 Å². The highest BCUT2D eigenvalue weighted by atomic mass is 14.7. The van der Waals surface area contributed by atoms with E-state index in [4.69, 9.17) is 11.0 Å². The maximum atomic E-state index is 7.32. The first-order valence-electron chi connectivity index (χ1n) is 3.91. The fraction of sp³-hybridized carbons (Fsp3) is 0.100. The Morgan fingerprint density at radius 2 is 2.08 bits per heavy atom. The third-order valence-electron chi connectivity index (χ3n) is 1.58. The van der Waals surface area contributed by atoms with Crippen LogP contribution in [0.15, 0.2) is 30.5 Å². The predicted octanol–water partition coefficient (Wildman–Crippen LogP) is 2.28. The normalized spacial score (nSPS) is 8.62. The van der Waals surface area contributed by atoms with E-state index >= 15 is 0 Å². The molecule has 0 saturated heterocycles. The van der Waals surface area contributed by atoms with Crippen molar-refractivity contribution in [2.45, 2.75) is 6.92 Å². The van der Waals surface area contributed by atoms with Crippen molar-refractivity contribution in [3.8, 4) is 6.07 Å². The molecule has 1 aromatic heterocycles. The highest BCUT2D eigenvalue weighted by molar-refractivity contribution is 5.82. The lowest BCUT2D eigenvalue weighted by atomic mass is 10.2. The minimum absolute atomic E-state index is 0.801. The quantitative estimate of drug-likeness (QED) is 0.600. The topological polar surface area (TPSA) is 65.6 Å². The largest absolute Gasteiger partial charge is 0.399 e. The van der Waals surface area contributed by atoms with Gasteiger partial charge in [-0.05, 0) is 23.6 Å². The van der Waals surface area contributed by atoms with Crippen LogP contribution in [0.4, 0.5) is 5.69 Å². The van der Waals surface area contributed by atoms with Crippen LogP contribution in [0.3, 0.4) is 0 Å². The Morgan fingerprint density at radius 3 is 2.77 bits per heavy atom. The summed E-state index contributed by atoms with van der Waals surface area (Å²) in [5.41, 5.74) is 7.46. The maximum Gasteiger partial charge on any atom is 0.0587 e. The first-order valence-corrected chi connectivity index (χ1v) is 3.91. The molecule has 0 bridgehead atoms. The number of nitrogens with two attached hydrogens (primary N) is 1. The first kappa shape index (κ1) is 9.14.